The first-order valence-electron chi connectivity index (χ1n) is 9.55. The molecule has 7 nitrogen and oxygen atoms in total. The molecule has 0 saturated carbocycles. The Kier molecular flexibility index (Phi) is 5.24. The van der Waals surface area contributed by atoms with Gasteiger partial charge in [-0.2, -0.15) is 5.10 Å². The predicted octanol–water partition coefficient (Wildman–Crippen LogP) is 1.12. The zero-order valence-electron chi connectivity index (χ0n) is 15.6. The van der Waals surface area contributed by atoms with Crippen LogP contribution in [0, 0.1) is 0 Å². The molecule has 27 heavy (non-hydrogen) atoms. The van der Waals surface area contributed by atoms with Crippen molar-refractivity contribution in [1.29, 1.82) is 0 Å². The van der Waals surface area contributed by atoms with Crippen molar-refractivity contribution >= 4 is 5.91 Å². The normalized spacial score (nSPS) is 22.6. The molecule has 0 unspecified atom stereocenters. The molecule has 2 aliphatic heterocycles. The van der Waals surface area contributed by atoms with Crippen LogP contribution in [0.1, 0.15) is 28.7 Å². The van der Waals surface area contributed by atoms with Crippen molar-refractivity contribution < 1.29 is 14.6 Å². The third kappa shape index (κ3) is 3.76. The molecule has 4 rings (SSSR count). The highest BCUT2D eigenvalue weighted by Crippen LogP contribution is 2.20. The van der Waals surface area contributed by atoms with Crippen molar-refractivity contribution in [1.82, 2.24) is 19.6 Å². The monoisotopic (exact) mass is 370 g/mol. The Bertz CT molecular complexity index is 792. The Morgan fingerprint density at radius 2 is 2.11 bits per heavy atom. The number of amides is 1. The number of nitrogens with zero attached hydrogens (tertiary/aromatic N) is 4. The van der Waals surface area contributed by atoms with Gasteiger partial charge >= 0.3 is 0 Å². The number of hydrogen-bond acceptors (Lipinski definition) is 5. The van der Waals surface area contributed by atoms with Crippen molar-refractivity contribution in [2.24, 2.45) is 0 Å². The summed E-state index contributed by atoms with van der Waals surface area (Å²) >= 11 is 0. The summed E-state index contributed by atoms with van der Waals surface area (Å²) in [4.78, 5) is 17.0. The number of fused-ring (bicyclic) bond motifs is 1. The van der Waals surface area contributed by atoms with Crippen LogP contribution >= 0.6 is 0 Å². The molecule has 1 fully saturated rings. The standard InChI is InChI=1S/C20H26N4O3/c1-2-23(18-13-27-14-19(18)25)20(26)17-10-16-12-22(8-9-24(16)21-17)11-15-6-4-3-5-7-15/h3-7,10,18-19,25H,2,8-9,11-14H2,1H3/t18-,19-/m0/s1. The molecule has 1 N–H and O–H groups in total. The lowest BCUT2D eigenvalue weighted by Crippen LogP contribution is -2.46. The first-order chi connectivity index (χ1) is 13.2. The summed E-state index contributed by atoms with van der Waals surface area (Å²) in [6.45, 7) is 6.44. The first kappa shape index (κ1) is 18.2. The van der Waals surface area contributed by atoms with Crippen molar-refractivity contribution in [2.45, 2.75) is 38.7 Å². The van der Waals surface area contributed by atoms with E-state index in [1.54, 1.807) is 4.90 Å². The molecule has 1 amide bonds. The van der Waals surface area contributed by atoms with Gasteiger partial charge in [-0.1, -0.05) is 30.3 Å². The number of carbonyl (C=O) groups excluding carboxylic acids is 1. The fourth-order valence-electron chi connectivity index (χ4n) is 3.91. The number of aliphatic hydroxyl groups is 1. The molecule has 0 bridgehead atoms. The Hall–Kier alpha value is -2.22. The van der Waals surface area contributed by atoms with E-state index in [2.05, 4.69) is 34.3 Å². The fraction of sp³-hybridized carbons (Fsp3) is 0.500. The van der Waals surface area contributed by atoms with Gasteiger partial charge in [0.1, 0.15) is 0 Å². The molecule has 1 aromatic carbocycles. The van der Waals surface area contributed by atoms with E-state index in [1.165, 1.54) is 5.56 Å². The van der Waals surface area contributed by atoms with Gasteiger partial charge in [-0.25, -0.2) is 0 Å². The van der Waals surface area contributed by atoms with Crippen molar-refractivity contribution in [3.05, 3.63) is 53.3 Å². The van der Waals surface area contributed by atoms with Gasteiger partial charge < -0.3 is 14.7 Å². The largest absolute Gasteiger partial charge is 0.388 e. The number of likely N-dealkylation sites (N-methyl/N-ethyl adjacent to an activating group) is 1. The second-order valence-corrected chi connectivity index (χ2v) is 7.20. The number of hydrogen-bond donors (Lipinski definition) is 1. The van der Waals surface area contributed by atoms with Crippen LogP contribution in [0.4, 0.5) is 0 Å². The summed E-state index contributed by atoms with van der Waals surface area (Å²) in [5.74, 6) is -0.136. The molecule has 144 valence electrons. The third-order valence-corrected chi connectivity index (χ3v) is 5.37. The SMILES string of the molecule is CCN(C(=O)c1cc2n(n1)CCN(Cc1ccccc1)C2)[C@H]1COC[C@@H]1O. The number of benzene rings is 1. The minimum atomic E-state index is -0.632. The predicted molar refractivity (Wildman–Crippen MR) is 100 cm³/mol. The number of aliphatic hydroxyl groups excluding tert-OH is 1. The lowest BCUT2D eigenvalue weighted by Gasteiger charge is -2.28. The zero-order valence-corrected chi connectivity index (χ0v) is 15.6. The summed E-state index contributed by atoms with van der Waals surface area (Å²) in [5.41, 5.74) is 2.79. The highest BCUT2D eigenvalue weighted by Gasteiger charge is 2.35. The summed E-state index contributed by atoms with van der Waals surface area (Å²) in [6.07, 6.45) is -0.632. The first-order valence-corrected chi connectivity index (χ1v) is 9.55. The highest BCUT2D eigenvalue weighted by molar-refractivity contribution is 5.92. The van der Waals surface area contributed by atoms with Crippen molar-refractivity contribution in [2.75, 3.05) is 26.3 Å². The topological polar surface area (TPSA) is 70.8 Å². The van der Waals surface area contributed by atoms with Crippen LogP contribution in [-0.2, 0) is 24.4 Å². The van der Waals surface area contributed by atoms with Crippen LogP contribution in [-0.4, -0.2) is 69.0 Å². The summed E-state index contributed by atoms with van der Waals surface area (Å²) in [7, 11) is 0. The summed E-state index contributed by atoms with van der Waals surface area (Å²) in [5, 5.41) is 14.6. The Morgan fingerprint density at radius 3 is 2.81 bits per heavy atom. The van der Waals surface area contributed by atoms with E-state index in [1.807, 2.05) is 23.7 Å². The maximum absolute atomic E-state index is 13.0. The maximum Gasteiger partial charge on any atom is 0.274 e. The molecule has 0 spiro atoms. The molecule has 7 heteroatoms. The molecule has 2 aromatic rings. The average molecular weight is 370 g/mol. The van der Waals surface area contributed by atoms with E-state index < -0.39 is 6.10 Å². The smallest absolute Gasteiger partial charge is 0.274 e. The van der Waals surface area contributed by atoms with Crippen LogP contribution in [0.5, 0.6) is 0 Å². The number of aromatic nitrogens is 2. The van der Waals surface area contributed by atoms with Gasteiger partial charge in [0.25, 0.3) is 5.91 Å². The minimum absolute atomic E-state index is 0.136. The molecule has 1 saturated heterocycles. The summed E-state index contributed by atoms with van der Waals surface area (Å²) < 4.78 is 7.25. The van der Waals surface area contributed by atoms with Gasteiger partial charge in [0.15, 0.2) is 5.69 Å². The van der Waals surface area contributed by atoms with Crippen molar-refractivity contribution in [3.63, 3.8) is 0 Å². The van der Waals surface area contributed by atoms with E-state index in [0.29, 0.717) is 18.8 Å². The molecular weight excluding hydrogens is 344 g/mol. The van der Waals surface area contributed by atoms with Gasteiger partial charge in [-0.3, -0.25) is 14.4 Å². The zero-order chi connectivity index (χ0) is 18.8. The average Bonchev–Trinajstić information content (AvgIpc) is 3.29. The number of carbonyl (C=O) groups is 1. The number of rotatable bonds is 5. The van der Waals surface area contributed by atoms with Gasteiger partial charge in [-0.05, 0) is 18.6 Å². The van der Waals surface area contributed by atoms with Crippen molar-refractivity contribution in [3.8, 4) is 0 Å². The lowest BCUT2D eigenvalue weighted by molar-refractivity contribution is 0.0514. The van der Waals surface area contributed by atoms with Crippen LogP contribution in [0.15, 0.2) is 36.4 Å². The Morgan fingerprint density at radius 1 is 1.30 bits per heavy atom. The lowest BCUT2D eigenvalue weighted by atomic mass is 10.1. The molecular formula is C20H26N4O3. The molecule has 2 aliphatic rings. The van der Waals surface area contributed by atoms with Crippen LogP contribution in [0.3, 0.4) is 0 Å². The summed E-state index contributed by atoms with van der Waals surface area (Å²) in [6, 6.07) is 12.0. The van der Waals surface area contributed by atoms with E-state index in [-0.39, 0.29) is 18.6 Å². The molecule has 0 radical (unpaired) electrons. The highest BCUT2D eigenvalue weighted by atomic mass is 16.5. The molecule has 2 atom stereocenters. The van der Waals surface area contributed by atoms with Gasteiger partial charge in [-0.15, -0.1) is 0 Å². The van der Waals surface area contributed by atoms with E-state index >= 15 is 0 Å². The number of ether oxygens (including phenoxy) is 1. The van der Waals surface area contributed by atoms with Crippen LogP contribution in [0.2, 0.25) is 0 Å². The fourth-order valence-corrected chi connectivity index (χ4v) is 3.91. The second-order valence-electron chi connectivity index (χ2n) is 7.20. The molecule has 3 heterocycles. The van der Waals surface area contributed by atoms with Gasteiger partial charge in [0.05, 0.1) is 37.6 Å². The van der Waals surface area contributed by atoms with Gasteiger partial charge in [0.2, 0.25) is 0 Å². The van der Waals surface area contributed by atoms with Gasteiger partial charge in [0, 0.05) is 26.2 Å². The maximum atomic E-state index is 13.0. The van der Waals surface area contributed by atoms with E-state index in [9.17, 15) is 9.90 Å². The second kappa shape index (κ2) is 7.80. The Labute approximate surface area is 159 Å². The van der Waals surface area contributed by atoms with E-state index in [4.69, 9.17) is 4.74 Å². The quantitative estimate of drug-likeness (QED) is 0.854. The van der Waals surface area contributed by atoms with E-state index in [0.717, 1.165) is 31.9 Å². The minimum Gasteiger partial charge on any atom is -0.388 e. The van der Waals surface area contributed by atoms with Crippen LogP contribution < -0.4 is 0 Å². The van der Waals surface area contributed by atoms with Crippen LogP contribution in [0.25, 0.3) is 0 Å². The third-order valence-electron chi connectivity index (χ3n) is 5.37. The molecule has 1 aromatic heterocycles. The molecule has 0 aliphatic carbocycles. The Balaban J connectivity index is 1.47.